The first-order chi connectivity index (χ1) is 8.11. The van der Waals surface area contributed by atoms with Gasteiger partial charge in [0.15, 0.2) is 9.84 Å². The number of imidazole rings is 1. The first-order valence-electron chi connectivity index (χ1n) is 5.75. The molecule has 0 spiro atoms. The van der Waals surface area contributed by atoms with Crippen molar-refractivity contribution < 1.29 is 8.42 Å². The van der Waals surface area contributed by atoms with E-state index in [1.807, 2.05) is 6.20 Å². The van der Waals surface area contributed by atoms with Gasteiger partial charge in [-0.15, -0.1) is 0 Å². The Labute approximate surface area is 101 Å². The molecule has 2 rings (SSSR count). The number of sulfone groups is 1. The lowest BCUT2D eigenvalue weighted by Crippen LogP contribution is -2.30. The first-order valence-corrected chi connectivity index (χ1v) is 7.46. The van der Waals surface area contributed by atoms with Crippen LogP contribution >= 0.6 is 0 Å². The van der Waals surface area contributed by atoms with Crippen molar-refractivity contribution in [2.24, 2.45) is 0 Å². The maximum atomic E-state index is 11.2. The molecule has 1 N–H and O–H groups in total. The molecule has 0 amide bonds. The van der Waals surface area contributed by atoms with Crippen LogP contribution in [0.4, 0.5) is 0 Å². The third kappa shape index (κ3) is 3.17. The Morgan fingerprint density at radius 2 is 2.41 bits per heavy atom. The van der Waals surface area contributed by atoms with E-state index in [-0.39, 0.29) is 11.8 Å². The maximum absolute atomic E-state index is 11.2. The Kier molecular flexibility index (Phi) is 3.63. The Morgan fingerprint density at radius 1 is 1.59 bits per heavy atom. The average Bonchev–Trinajstić information content (AvgIpc) is 2.83. The lowest BCUT2D eigenvalue weighted by atomic mass is 10.3. The number of aromatic nitrogens is 2. The van der Waals surface area contributed by atoms with Crippen molar-refractivity contribution >= 4 is 9.84 Å². The summed E-state index contributed by atoms with van der Waals surface area (Å²) in [6.07, 6.45) is 6.47. The van der Waals surface area contributed by atoms with Gasteiger partial charge in [0.25, 0.3) is 0 Å². The summed E-state index contributed by atoms with van der Waals surface area (Å²) in [5.41, 5.74) is 0. The summed E-state index contributed by atoms with van der Waals surface area (Å²) in [5.74, 6) is 1.10. The van der Waals surface area contributed by atoms with Crippen LogP contribution in [0.5, 0.6) is 0 Å². The van der Waals surface area contributed by atoms with Crippen molar-refractivity contribution in [3.8, 4) is 0 Å². The van der Waals surface area contributed by atoms with Gasteiger partial charge in [-0.25, -0.2) is 13.4 Å². The van der Waals surface area contributed by atoms with E-state index in [9.17, 15) is 8.42 Å². The van der Waals surface area contributed by atoms with Gasteiger partial charge >= 0.3 is 0 Å². The van der Waals surface area contributed by atoms with Crippen LogP contribution < -0.4 is 5.32 Å². The first kappa shape index (κ1) is 12.3. The summed E-state index contributed by atoms with van der Waals surface area (Å²) in [6.45, 7) is 3.65. The highest BCUT2D eigenvalue weighted by Gasteiger charge is 2.21. The van der Waals surface area contributed by atoms with E-state index in [0.29, 0.717) is 6.54 Å². The monoisotopic (exact) mass is 255 g/mol. The van der Waals surface area contributed by atoms with Crippen molar-refractivity contribution in [1.82, 2.24) is 14.9 Å². The van der Waals surface area contributed by atoms with Crippen LogP contribution in [0.15, 0.2) is 23.9 Å². The van der Waals surface area contributed by atoms with Gasteiger partial charge in [0.05, 0.1) is 12.3 Å². The second kappa shape index (κ2) is 5.01. The van der Waals surface area contributed by atoms with Gasteiger partial charge < -0.3 is 9.88 Å². The van der Waals surface area contributed by atoms with Gasteiger partial charge in [-0.2, -0.15) is 0 Å². The molecular formula is C11H17N3O2S. The molecule has 2 heterocycles. The Morgan fingerprint density at radius 3 is 3.06 bits per heavy atom. The molecule has 0 saturated carbocycles. The average molecular weight is 255 g/mol. The standard InChI is InChI=1S/C11H17N3O2S/c1-2-5-14-6-4-12-11(14)8-13-10-3-7-17(15,16)9-10/h3-4,6-7,10,13H,2,5,8-9H2,1H3. The molecule has 1 unspecified atom stereocenters. The summed E-state index contributed by atoms with van der Waals surface area (Å²) in [6, 6.07) is -0.0909. The molecule has 0 aliphatic carbocycles. The summed E-state index contributed by atoms with van der Waals surface area (Å²) >= 11 is 0. The summed E-state index contributed by atoms with van der Waals surface area (Å²) in [5, 5.41) is 4.47. The fourth-order valence-electron chi connectivity index (χ4n) is 1.88. The number of nitrogens with zero attached hydrogens (tertiary/aromatic N) is 2. The molecule has 1 aromatic rings. The maximum Gasteiger partial charge on any atom is 0.173 e. The van der Waals surface area contributed by atoms with Crippen molar-refractivity contribution in [1.29, 1.82) is 0 Å². The van der Waals surface area contributed by atoms with Gasteiger partial charge in [-0.05, 0) is 6.42 Å². The molecule has 94 valence electrons. The van der Waals surface area contributed by atoms with Crippen molar-refractivity contribution in [3.63, 3.8) is 0 Å². The molecule has 0 fully saturated rings. The largest absolute Gasteiger partial charge is 0.334 e. The second-order valence-corrected chi connectivity index (χ2v) is 6.11. The van der Waals surface area contributed by atoms with E-state index >= 15 is 0 Å². The van der Waals surface area contributed by atoms with Crippen LogP contribution in [0.2, 0.25) is 0 Å². The van der Waals surface area contributed by atoms with Crippen molar-refractivity contribution in [2.45, 2.75) is 32.5 Å². The van der Waals surface area contributed by atoms with E-state index in [4.69, 9.17) is 0 Å². The highest BCUT2D eigenvalue weighted by atomic mass is 32.2. The van der Waals surface area contributed by atoms with Gasteiger partial charge in [-0.1, -0.05) is 13.0 Å². The fourth-order valence-corrected chi connectivity index (χ4v) is 3.15. The molecule has 1 aliphatic rings. The molecule has 6 heteroatoms. The molecule has 5 nitrogen and oxygen atoms in total. The highest BCUT2D eigenvalue weighted by Crippen LogP contribution is 2.08. The van der Waals surface area contributed by atoms with Crippen LogP contribution in [0.3, 0.4) is 0 Å². The third-order valence-corrected chi connectivity index (χ3v) is 4.11. The topological polar surface area (TPSA) is 64.0 Å². The normalized spacial score (nSPS) is 22.1. The molecule has 0 aromatic carbocycles. The SMILES string of the molecule is CCCn1ccnc1CNC1C=CS(=O)(=O)C1. The number of hydrogen-bond donors (Lipinski definition) is 1. The van der Waals surface area contributed by atoms with E-state index in [0.717, 1.165) is 18.8 Å². The quantitative estimate of drug-likeness (QED) is 0.841. The molecule has 0 bridgehead atoms. The lowest BCUT2D eigenvalue weighted by molar-refractivity contribution is 0.560. The van der Waals surface area contributed by atoms with E-state index in [1.165, 1.54) is 5.41 Å². The third-order valence-electron chi connectivity index (χ3n) is 2.72. The van der Waals surface area contributed by atoms with Crippen LogP contribution in [-0.4, -0.2) is 29.8 Å². The Balaban J connectivity index is 1.90. The zero-order valence-electron chi connectivity index (χ0n) is 9.83. The fraction of sp³-hybridized carbons (Fsp3) is 0.545. The smallest absolute Gasteiger partial charge is 0.173 e. The van der Waals surface area contributed by atoms with E-state index in [1.54, 1.807) is 12.3 Å². The molecule has 0 saturated heterocycles. The second-order valence-electron chi connectivity index (χ2n) is 4.18. The molecule has 0 radical (unpaired) electrons. The predicted molar refractivity (Wildman–Crippen MR) is 66.1 cm³/mol. The summed E-state index contributed by atoms with van der Waals surface area (Å²) < 4.78 is 24.5. The lowest BCUT2D eigenvalue weighted by Gasteiger charge is -2.11. The predicted octanol–water partition coefficient (Wildman–Crippen LogP) is 0.693. The summed E-state index contributed by atoms with van der Waals surface area (Å²) in [4.78, 5) is 4.26. The molecule has 17 heavy (non-hydrogen) atoms. The molecule has 1 aromatic heterocycles. The molecule has 1 atom stereocenters. The van der Waals surface area contributed by atoms with Gasteiger partial charge in [0.2, 0.25) is 0 Å². The Hall–Kier alpha value is -1.14. The van der Waals surface area contributed by atoms with Crippen molar-refractivity contribution in [2.75, 3.05) is 5.75 Å². The van der Waals surface area contributed by atoms with Crippen LogP contribution in [0, 0.1) is 0 Å². The zero-order valence-corrected chi connectivity index (χ0v) is 10.7. The van der Waals surface area contributed by atoms with Gasteiger partial charge in [-0.3, -0.25) is 0 Å². The number of aryl methyl sites for hydroxylation is 1. The minimum Gasteiger partial charge on any atom is -0.334 e. The van der Waals surface area contributed by atoms with Crippen LogP contribution in [-0.2, 0) is 22.9 Å². The van der Waals surface area contributed by atoms with Crippen molar-refractivity contribution in [3.05, 3.63) is 29.7 Å². The van der Waals surface area contributed by atoms with E-state index < -0.39 is 9.84 Å². The Bertz CT molecular complexity index is 505. The number of nitrogens with one attached hydrogen (secondary N) is 1. The molecule has 1 aliphatic heterocycles. The van der Waals surface area contributed by atoms with Gasteiger partial charge in [0.1, 0.15) is 5.82 Å². The number of hydrogen-bond acceptors (Lipinski definition) is 4. The van der Waals surface area contributed by atoms with Crippen LogP contribution in [0.25, 0.3) is 0 Å². The summed E-state index contributed by atoms with van der Waals surface area (Å²) in [7, 11) is -2.98. The zero-order chi connectivity index (χ0) is 12.3. The number of rotatable bonds is 5. The minimum absolute atomic E-state index is 0.0909. The van der Waals surface area contributed by atoms with Gasteiger partial charge in [0, 0.05) is 30.4 Å². The molecular weight excluding hydrogens is 238 g/mol. The highest BCUT2D eigenvalue weighted by molar-refractivity contribution is 7.94. The minimum atomic E-state index is -2.98. The van der Waals surface area contributed by atoms with Crippen LogP contribution in [0.1, 0.15) is 19.2 Å². The van der Waals surface area contributed by atoms with E-state index in [2.05, 4.69) is 21.8 Å².